The number of fused-ring (bicyclic) bond motifs is 3. The van der Waals surface area contributed by atoms with Gasteiger partial charge in [-0.25, -0.2) is 0 Å². The van der Waals surface area contributed by atoms with Crippen LogP contribution in [0.15, 0.2) is 48.5 Å². The molecule has 0 spiro atoms. The number of piperazine rings is 1. The number of carbonyl (C=O) groups is 1. The molecule has 176 valence electrons. The van der Waals surface area contributed by atoms with Gasteiger partial charge in [0.25, 0.3) is 0 Å². The molecule has 4 nitrogen and oxygen atoms in total. The molecule has 0 radical (unpaired) electrons. The van der Waals surface area contributed by atoms with Gasteiger partial charge in [-0.15, -0.1) is 0 Å². The number of anilines is 2. The first-order chi connectivity index (χ1) is 15.9. The molecule has 5 rings (SSSR count). The van der Waals surface area contributed by atoms with Gasteiger partial charge in [0, 0.05) is 37.1 Å². The van der Waals surface area contributed by atoms with Crippen LogP contribution in [0.5, 0.6) is 0 Å². The predicted molar refractivity (Wildman–Crippen MR) is 123 cm³/mol. The molecule has 1 saturated heterocycles. The van der Waals surface area contributed by atoms with Crippen LogP contribution in [0, 0.1) is 5.92 Å². The Bertz CT molecular complexity index is 988. The summed E-state index contributed by atoms with van der Waals surface area (Å²) in [6.07, 6.45) is 1.34. The first-order valence-corrected chi connectivity index (χ1v) is 12.0. The normalized spacial score (nSPS) is 23.6. The van der Waals surface area contributed by atoms with E-state index in [1.807, 2.05) is 18.2 Å². The molecule has 7 heteroatoms. The van der Waals surface area contributed by atoms with E-state index in [9.17, 15) is 18.0 Å². The second-order valence-electron chi connectivity index (χ2n) is 9.54. The third-order valence-electron chi connectivity index (χ3n) is 7.45. The summed E-state index contributed by atoms with van der Waals surface area (Å²) >= 11 is 0. The van der Waals surface area contributed by atoms with E-state index in [1.54, 1.807) is 6.07 Å². The Hall–Kier alpha value is -2.70. The van der Waals surface area contributed by atoms with Crippen LogP contribution in [-0.4, -0.2) is 37.6 Å². The lowest BCUT2D eigenvalue weighted by molar-refractivity contribution is -0.137. The Morgan fingerprint density at radius 2 is 1.73 bits per heavy atom. The minimum atomic E-state index is -4.39. The maximum absolute atomic E-state index is 13.5. The van der Waals surface area contributed by atoms with Crippen LogP contribution >= 0.6 is 0 Å². The largest absolute Gasteiger partial charge is 0.416 e. The molecule has 1 saturated carbocycles. The molecule has 0 unspecified atom stereocenters. The van der Waals surface area contributed by atoms with E-state index in [-0.39, 0.29) is 23.9 Å². The standard InChI is InChI=1S/C26H30F3N3O/c27-26(28,29)19-11-12-23-18(15-19)16-22(25(33)30-20-7-3-1-4-8-20)24-17-31(13-14-32(23)24)21-9-5-2-6-10-21/h2,5-6,9-12,15,20,22,24H,1,3-4,7-8,13-14,16-17H2,(H,30,33)/t22-,24+/m0/s1. The maximum Gasteiger partial charge on any atom is 0.416 e. The second kappa shape index (κ2) is 8.92. The molecule has 3 aliphatic rings. The summed E-state index contributed by atoms with van der Waals surface area (Å²) in [6, 6.07) is 14.2. The van der Waals surface area contributed by atoms with Gasteiger partial charge in [-0.2, -0.15) is 13.2 Å². The van der Waals surface area contributed by atoms with Crippen molar-refractivity contribution >= 4 is 17.3 Å². The number of alkyl halides is 3. The van der Waals surface area contributed by atoms with Crippen molar-refractivity contribution < 1.29 is 18.0 Å². The minimum Gasteiger partial charge on any atom is -0.368 e. The molecule has 0 aromatic heterocycles. The maximum atomic E-state index is 13.5. The van der Waals surface area contributed by atoms with Crippen molar-refractivity contribution in [3.63, 3.8) is 0 Å². The minimum absolute atomic E-state index is 0.0186. The quantitative estimate of drug-likeness (QED) is 0.703. The molecule has 2 fully saturated rings. The van der Waals surface area contributed by atoms with E-state index in [0.29, 0.717) is 25.1 Å². The van der Waals surface area contributed by atoms with E-state index >= 15 is 0 Å². The Morgan fingerprint density at radius 1 is 0.970 bits per heavy atom. The van der Waals surface area contributed by atoms with Crippen molar-refractivity contribution in [1.82, 2.24) is 5.32 Å². The van der Waals surface area contributed by atoms with Crippen LogP contribution in [0.3, 0.4) is 0 Å². The van der Waals surface area contributed by atoms with Crippen LogP contribution in [-0.2, 0) is 17.4 Å². The van der Waals surface area contributed by atoms with Crippen molar-refractivity contribution in [2.75, 3.05) is 29.4 Å². The number of amides is 1. The summed E-state index contributed by atoms with van der Waals surface area (Å²) in [5.74, 6) is -0.399. The molecule has 2 atom stereocenters. The molecule has 0 bridgehead atoms. The second-order valence-corrected chi connectivity index (χ2v) is 9.54. The first kappa shape index (κ1) is 22.1. The number of rotatable bonds is 3. The summed E-state index contributed by atoms with van der Waals surface area (Å²) in [4.78, 5) is 17.9. The van der Waals surface area contributed by atoms with Crippen molar-refractivity contribution in [1.29, 1.82) is 0 Å². The molecular formula is C26H30F3N3O. The third-order valence-corrected chi connectivity index (χ3v) is 7.45. The van der Waals surface area contributed by atoms with E-state index in [0.717, 1.165) is 43.6 Å². The van der Waals surface area contributed by atoms with E-state index < -0.39 is 11.7 Å². The Morgan fingerprint density at radius 3 is 2.45 bits per heavy atom. The lowest BCUT2D eigenvalue weighted by atomic mass is 9.82. The van der Waals surface area contributed by atoms with Gasteiger partial charge in [0.2, 0.25) is 5.91 Å². The van der Waals surface area contributed by atoms with Gasteiger partial charge in [-0.05, 0) is 55.2 Å². The van der Waals surface area contributed by atoms with Crippen LogP contribution in [0.2, 0.25) is 0 Å². The number of nitrogens with one attached hydrogen (secondary N) is 1. The molecule has 2 heterocycles. The molecule has 1 aliphatic carbocycles. The zero-order valence-corrected chi connectivity index (χ0v) is 18.7. The Labute approximate surface area is 192 Å². The average molecular weight is 458 g/mol. The molecule has 1 N–H and O–H groups in total. The van der Waals surface area contributed by atoms with Crippen LogP contribution in [0.1, 0.15) is 43.2 Å². The van der Waals surface area contributed by atoms with Crippen molar-refractivity contribution in [2.24, 2.45) is 5.92 Å². The zero-order chi connectivity index (χ0) is 23.0. The van der Waals surface area contributed by atoms with E-state index in [4.69, 9.17) is 0 Å². The fourth-order valence-corrected chi connectivity index (χ4v) is 5.73. The fourth-order valence-electron chi connectivity index (χ4n) is 5.73. The van der Waals surface area contributed by atoms with Gasteiger partial charge in [-0.3, -0.25) is 4.79 Å². The van der Waals surface area contributed by atoms with Crippen molar-refractivity contribution in [3.05, 3.63) is 59.7 Å². The smallest absolute Gasteiger partial charge is 0.368 e. The van der Waals surface area contributed by atoms with Gasteiger partial charge >= 0.3 is 6.18 Å². The topological polar surface area (TPSA) is 35.6 Å². The summed E-state index contributed by atoms with van der Waals surface area (Å²) in [5.41, 5.74) is 1.93. The molecule has 2 aromatic rings. The van der Waals surface area contributed by atoms with Gasteiger partial charge in [-0.1, -0.05) is 37.5 Å². The fraction of sp³-hybridized carbons (Fsp3) is 0.500. The number of carbonyl (C=O) groups excluding carboxylic acids is 1. The van der Waals surface area contributed by atoms with Gasteiger partial charge < -0.3 is 15.1 Å². The molecule has 2 aromatic carbocycles. The summed E-state index contributed by atoms with van der Waals surface area (Å²) in [5, 5.41) is 3.25. The average Bonchev–Trinajstić information content (AvgIpc) is 2.83. The van der Waals surface area contributed by atoms with Crippen molar-refractivity contribution in [2.45, 2.75) is 56.8 Å². The highest BCUT2D eigenvalue weighted by Crippen LogP contribution is 2.40. The lowest BCUT2D eigenvalue weighted by Gasteiger charge is -2.50. The van der Waals surface area contributed by atoms with Crippen LogP contribution in [0.4, 0.5) is 24.5 Å². The molecule has 33 heavy (non-hydrogen) atoms. The molecule has 2 aliphatic heterocycles. The highest BCUT2D eigenvalue weighted by atomic mass is 19.4. The van der Waals surface area contributed by atoms with E-state index in [2.05, 4.69) is 27.2 Å². The molecular weight excluding hydrogens is 427 g/mol. The number of hydrogen-bond acceptors (Lipinski definition) is 3. The van der Waals surface area contributed by atoms with Gasteiger partial charge in [0.15, 0.2) is 0 Å². The summed E-state index contributed by atoms with van der Waals surface area (Å²) < 4.78 is 40.2. The van der Waals surface area contributed by atoms with Crippen molar-refractivity contribution in [3.8, 4) is 0 Å². The van der Waals surface area contributed by atoms with E-state index in [1.165, 1.54) is 18.6 Å². The van der Waals surface area contributed by atoms with Crippen LogP contribution < -0.4 is 15.1 Å². The SMILES string of the molecule is O=C(NC1CCCCC1)[C@H]1Cc2cc(C(F)(F)F)ccc2N2CCN(c3ccccc3)C[C@H]12. The highest BCUT2D eigenvalue weighted by Gasteiger charge is 2.43. The Balaban J connectivity index is 1.45. The Kier molecular flexibility index (Phi) is 5.97. The number of para-hydroxylation sites is 1. The summed E-state index contributed by atoms with van der Waals surface area (Å²) in [7, 11) is 0. The first-order valence-electron chi connectivity index (χ1n) is 12.0. The zero-order valence-electron chi connectivity index (χ0n) is 18.7. The summed E-state index contributed by atoms with van der Waals surface area (Å²) in [6.45, 7) is 2.11. The number of halogens is 3. The van der Waals surface area contributed by atoms with Gasteiger partial charge in [0.1, 0.15) is 0 Å². The number of hydrogen-bond donors (Lipinski definition) is 1. The van der Waals surface area contributed by atoms with Gasteiger partial charge in [0.05, 0.1) is 17.5 Å². The number of benzene rings is 2. The lowest BCUT2D eigenvalue weighted by Crippen LogP contribution is -2.61. The van der Waals surface area contributed by atoms with Crippen LogP contribution in [0.25, 0.3) is 0 Å². The highest BCUT2D eigenvalue weighted by molar-refractivity contribution is 5.82. The predicted octanol–water partition coefficient (Wildman–Crippen LogP) is 5.02. The molecule has 1 amide bonds. The monoisotopic (exact) mass is 457 g/mol. The third kappa shape index (κ3) is 4.55. The number of nitrogens with zero attached hydrogens (tertiary/aromatic N) is 2.